The molecule has 0 aliphatic heterocycles. The standard InChI is InChI=1S/C14H11Br2NO3S/c1-8-17-6-10(21-8)7-20-14-11(15)4-9(5-12(14)16)2-3-13(18)19/h2-6H,7H2,1H3,(H,18,19)/b3-2+. The van der Waals surface area contributed by atoms with E-state index < -0.39 is 5.97 Å². The Balaban J connectivity index is 2.15. The molecule has 0 saturated heterocycles. The molecule has 7 heteroatoms. The van der Waals surface area contributed by atoms with Crippen molar-refractivity contribution in [2.75, 3.05) is 0 Å². The van der Waals surface area contributed by atoms with Gasteiger partial charge in [-0.1, -0.05) is 0 Å². The molecule has 0 fully saturated rings. The Bertz CT molecular complexity index is 674. The number of halogens is 2. The fourth-order valence-electron chi connectivity index (χ4n) is 1.60. The third kappa shape index (κ3) is 4.66. The number of hydrogen-bond acceptors (Lipinski definition) is 4. The van der Waals surface area contributed by atoms with Crippen molar-refractivity contribution in [2.45, 2.75) is 13.5 Å². The van der Waals surface area contributed by atoms with Gasteiger partial charge in [0.05, 0.1) is 18.8 Å². The summed E-state index contributed by atoms with van der Waals surface area (Å²) < 4.78 is 7.29. The fraction of sp³-hybridized carbons (Fsp3) is 0.143. The largest absolute Gasteiger partial charge is 0.486 e. The molecule has 0 bridgehead atoms. The molecule has 1 aromatic heterocycles. The van der Waals surface area contributed by atoms with Crippen LogP contribution in [0.3, 0.4) is 0 Å². The van der Waals surface area contributed by atoms with E-state index in [0.29, 0.717) is 12.4 Å². The van der Waals surface area contributed by atoms with Gasteiger partial charge in [0.2, 0.25) is 0 Å². The van der Waals surface area contributed by atoms with Crippen molar-refractivity contribution in [1.29, 1.82) is 0 Å². The lowest BCUT2D eigenvalue weighted by molar-refractivity contribution is -0.131. The third-order valence-corrected chi connectivity index (χ3v) is 4.53. The first-order chi connectivity index (χ1) is 9.95. The molecule has 1 N–H and O–H groups in total. The molecule has 0 aliphatic carbocycles. The lowest BCUT2D eigenvalue weighted by Crippen LogP contribution is -1.95. The summed E-state index contributed by atoms with van der Waals surface area (Å²) in [5.41, 5.74) is 0.761. The summed E-state index contributed by atoms with van der Waals surface area (Å²) in [5.74, 6) is -0.309. The molecule has 21 heavy (non-hydrogen) atoms. The average molecular weight is 433 g/mol. The number of nitrogens with zero attached hydrogens (tertiary/aromatic N) is 1. The maximum Gasteiger partial charge on any atom is 0.328 e. The Morgan fingerprint density at radius 3 is 2.62 bits per heavy atom. The van der Waals surface area contributed by atoms with Crippen LogP contribution in [0.25, 0.3) is 6.08 Å². The quantitative estimate of drug-likeness (QED) is 0.698. The molecule has 1 aromatic carbocycles. The number of carboxylic acids is 1. The van der Waals surface area contributed by atoms with Gasteiger partial charge in [0.1, 0.15) is 12.4 Å². The minimum atomic E-state index is -0.983. The van der Waals surface area contributed by atoms with Crippen LogP contribution in [0.15, 0.2) is 33.4 Å². The van der Waals surface area contributed by atoms with E-state index in [1.165, 1.54) is 6.08 Å². The SMILES string of the molecule is Cc1ncc(COc2c(Br)cc(/C=C/C(=O)O)cc2Br)s1. The summed E-state index contributed by atoms with van der Waals surface area (Å²) in [5, 5.41) is 9.64. The molecule has 0 radical (unpaired) electrons. The van der Waals surface area contributed by atoms with Crippen LogP contribution in [-0.4, -0.2) is 16.1 Å². The lowest BCUT2D eigenvalue weighted by Gasteiger charge is -2.10. The smallest absolute Gasteiger partial charge is 0.328 e. The van der Waals surface area contributed by atoms with Gasteiger partial charge >= 0.3 is 5.97 Å². The van der Waals surface area contributed by atoms with E-state index in [4.69, 9.17) is 9.84 Å². The Hall–Kier alpha value is -1.18. The average Bonchev–Trinajstić information content (AvgIpc) is 2.81. The summed E-state index contributed by atoms with van der Waals surface area (Å²) in [6, 6.07) is 3.61. The van der Waals surface area contributed by atoms with Gasteiger partial charge in [-0.25, -0.2) is 9.78 Å². The maximum absolute atomic E-state index is 10.5. The van der Waals surface area contributed by atoms with Crippen molar-refractivity contribution in [3.63, 3.8) is 0 Å². The van der Waals surface area contributed by atoms with E-state index in [9.17, 15) is 4.79 Å². The van der Waals surface area contributed by atoms with Gasteiger partial charge in [-0.15, -0.1) is 11.3 Å². The molecule has 0 saturated carbocycles. The third-order valence-electron chi connectivity index (χ3n) is 2.47. The van der Waals surface area contributed by atoms with Crippen molar-refractivity contribution in [3.05, 3.63) is 48.8 Å². The first kappa shape index (κ1) is 16.2. The summed E-state index contributed by atoms with van der Waals surface area (Å²) in [6.07, 6.45) is 4.41. The van der Waals surface area contributed by atoms with Gasteiger partial charge in [-0.3, -0.25) is 0 Å². The van der Waals surface area contributed by atoms with Crippen LogP contribution in [0.5, 0.6) is 5.75 Å². The van der Waals surface area contributed by atoms with Crippen molar-refractivity contribution in [1.82, 2.24) is 4.98 Å². The number of aryl methyl sites for hydroxylation is 1. The lowest BCUT2D eigenvalue weighted by atomic mass is 10.2. The molecule has 2 rings (SSSR count). The monoisotopic (exact) mass is 431 g/mol. The summed E-state index contributed by atoms with van der Waals surface area (Å²) >= 11 is 8.46. The van der Waals surface area contributed by atoms with Crippen LogP contribution in [0, 0.1) is 6.92 Å². The Morgan fingerprint density at radius 2 is 2.10 bits per heavy atom. The number of ether oxygens (including phenoxy) is 1. The molecule has 0 unspecified atom stereocenters. The first-order valence-corrected chi connectivity index (χ1v) is 8.30. The van der Waals surface area contributed by atoms with E-state index in [-0.39, 0.29) is 0 Å². The summed E-state index contributed by atoms with van der Waals surface area (Å²) in [7, 11) is 0. The second-order valence-electron chi connectivity index (χ2n) is 4.12. The van der Waals surface area contributed by atoms with E-state index in [0.717, 1.165) is 30.5 Å². The van der Waals surface area contributed by atoms with Crippen LogP contribution >= 0.6 is 43.2 Å². The van der Waals surface area contributed by atoms with Crippen LogP contribution in [0.4, 0.5) is 0 Å². The number of thiazole rings is 1. The maximum atomic E-state index is 10.5. The minimum absolute atomic E-state index is 0.438. The highest BCUT2D eigenvalue weighted by Gasteiger charge is 2.09. The van der Waals surface area contributed by atoms with Crippen molar-refractivity contribution >= 4 is 55.2 Å². The van der Waals surface area contributed by atoms with Crippen molar-refractivity contribution in [2.24, 2.45) is 0 Å². The van der Waals surface area contributed by atoms with Crippen molar-refractivity contribution in [3.8, 4) is 5.75 Å². The molecule has 2 aromatic rings. The number of aromatic nitrogens is 1. The van der Waals surface area contributed by atoms with E-state index >= 15 is 0 Å². The Morgan fingerprint density at radius 1 is 1.43 bits per heavy atom. The first-order valence-electron chi connectivity index (χ1n) is 5.90. The molecule has 0 atom stereocenters. The number of hydrogen-bond donors (Lipinski definition) is 1. The van der Waals surface area contributed by atoms with Gasteiger partial charge in [0, 0.05) is 12.3 Å². The topological polar surface area (TPSA) is 59.4 Å². The fourth-order valence-corrected chi connectivity index (χ4v) is 3.76. The number of carboxylic acid groups (broad SMARTS) is 1. The molecule has 0 spiro atoms. The van der Waals surface area contributed by atoms with Crippen LogP contribution < -0.4 is 4.74 Å². The number of carbonyl (C=O) groups is 1. The normalized spacial score (nSPS) is 11.0. The molecule has 0 aliphatic rings. The molecular formula is C14H11Br2NO3S. The zero-order valence-corrected chi connectivity index (χ0v) is 15.0. The van der Waals surface area contributed by atoms with Gasteiger partial charge in [0.25, 0.3) is 0 Å². The van der Waals surface area contributed by atoms with Crippen LogP contribution in [0.1, 0.15) is 15.4 Å². The molecule has 4 nitrogen and oxygen atoms in total. The minimum Gasteiger partial charge on any atom is -0.486 e. The van der Waals surface area contributed by atoms with Crippen molar-refractivity contribution < 1.29 is 14.6 Å². The highest BCUT2D eigenvalue weighted by Crippen LogP contribution is 2.36. The zero-order chi connectivity index (χ0) is 15.4. The Labute approximate surface area is 142 Å². The predicted octanol–water partition coefficient (Wildman–Crippen LogP) is 4.65. The zero-order valence-electron chi connectivity index (χ0n) is 11.0. The van der Waals surface area contributed by atoms with Gasteiger partial charge in [-0.2, -0.15) is 0 Å². The highest BCUT2D eigenvalue weighted by atomic mass is 79.9. The second kappa shape index (κ2) is 7.20. The molecule has 1 heterocycles. The predicted molar refractivity (Wildman–Crippen MR) is 89.7 cm³/mol. The molecule has 0 amide bonds. The molecule has 110 valence electrons. The number of aliphatic carboxylic acids is 1. The van der Waals surface area contributed by atoms with E-state index in [1.807, 2.05) is 6.92 Å². The van der Waals surface area contributed by atoms with Gasteiger partial charge in [-0.05, 0) is 62.6 Å². The van der Waals surface area contributed by atoms with E-state index in [2.05, 4.69) is 36.8 Å². The summed E-state index contributed by atoms with van der Waals surface area (Å²) in [6.45, 7) is 2.39. The van der Waals surface area contributed by atoms with Crippen LogP contribution in [-0.2, 0) is 11.4 Å². The second-order valence-corrected chi connectivity index (χ2v) is 7.15. The summed E-state index contributed by atoms with van der Waals surface area (Å²) in [4.78, 5) is 15.8. The van der Waals surface area contributed by atoms with Gasteiger partial charge < -0.3 is 9.84 Å². The van der Waals surface area contributed by atoms with Gasteiger partial charge in [0.15, 0.2) is 0 Å². The van der Waals surface area contributed by atoms with E-state index in [1.54, 1.807) is 29.7 Å². The highest BCUT2D eigenvalue weighted by molar-refractivity contribution is 9.11. The number of benzene rings is 1. The number of rotatable bonds is 5. The van der Waals surface area contributed by atoms with Crippen LogP contribution in [0.2, 0.25) is 0 Å². The Kier molecular flexibility index (Phi) is 5.55. The molecular weight excluding hydrogens is 422 g/mol.